The maximum Gasteiger partial charge on any atom is 0.306 e. The van der Waals surface area contributed by atoms with Crippen LogP contribution >= 0.6 is 0 Å². The molecular formula is C50H86O6. The first-order chi connectivity index (χ1) is 27.5. The highest BCUT2D eigenvalue weighted by atomic mass is 16.6. The highest BCUT2D eigenvalue weighted by Gasteiger charge is 2.19. The van der Waals surface area contributed by atoms with E-state index in [0.717, 1.165) is 77.0 Å². The SMILES string of the molecule is CC\C=C/C=C\C=C/CCCCCCCC(=O)OCC(COC(=O)CCCCCCCCCCCCCC)OC(=O)CC/C=C\C/C=C\CCCCCCCC. The van der Waals surface area contributed by atoms with Crippen LogP contribution in [0.3, 0.4) is 0 Å². The van der Waals surface area contributed by atoms with Gasteiger partial charge >= 0.3 is 17.9 Å². The van der Waals surface area contributed by atoms with Crippen molar-refractivity contribution in [2.45, 2.75) is 226 Å². The van der Waals surface area contributed by atoms with Crippen LogP contribution < -0.4 is 0 Å². The molecule has 0 bridgehead atoms. The lowest BCUT2D eigenvalue weighted by Gasteiger charge is -2.18. The molecule has 0 rings (SSSR count). The van der Waals surface area contributed by atoms with Gasteiger partial charge in [-0.25, -0.2) is 0 Å². The fourth-order valence-electron chi connectivity index (χ4n) is 6.32. The van der Waals surface area contributed by atoms with E-state index < -0.39 is 6.10 Å². The molecule has 0 spiro atoms. The lowest BCUT2D eigenvalue weighted by Crippen LogP contribution is -2.30. The average Bonchev–Trinajstić information content (AvgIpc) is 3.19. The van der Waals surface area contributed by atoms with Crippen LogP contribution in [0.2, 0.25) is 0 Å². The Bertz CT molecular complexity index is 1040. The molecule has 6 nitrogen and oxygen atoms in total. The first kappa shape index (κ1) is 53.1. The molecule has 0 amide bonds. The Labute approximate surface area is 345 Å². The van der Waals surface area contributed by atoms with Gasteiger partial charge < -0.3 is 14.2 Å². The molecule has 0 saturated heterocycles. The molecule has 1 atom stereocenters. The van der Waals surface area contributed by atoms with E-state index in [1.54, 1.807) is 0 Å². The van der Waals surface area contributed by atoms with E-state index in [1.165, 1.54) is 96.3 Å². The van der Waals surface area contributed by atoms with E-state index >= 15 is 0 Å². The summed E-state index contributed by atoms with van der Waals surface area (Å²) in [7, 11) is 0. The number of allylic oxidation sites excluding steroid dienone is 10. The van der Waals surface area contributed by atoms with Gasteiger partial charge in [-0.05, 0) is 57.8 Å². The van der Waals surface area contributed by atoms with E-state index in [2.05, 4.69) is 75.5 Å². The van der Waals surface area contributed by atoms with Crippen molar-refractivity contribution in [3.8, 4) is 0 Å². The quantitative estimate of drug-likeness (QED) is 0.0202. The molecule has 6 heteroatoms. The zero-order valence-corrected chi connectivity index (χ0v) is 36.6. The number of rotatable bonds is 41. The van der Waals surface area contributed by atoms with E-state index in [-0.39, 0.29) is 37.5 Å². The number of unbranched alkanes of at least 4 members (excludes halogenated alkanes) is 22. The van der Waals surface area contributed by atoms with E-state index in [0.29, 0.717) is 19.3 Å². The molecule has 0 aromatic rings. The van der Waals surface area contributed by atoms with Crippen LogP contribution in [0.5, 0.6) is 0 Å². The van der Waals surface area contributed by atoms with E-state index in [9.17, 15) is 14.4 Å². The van der Waals surface area contributed by atoms with Gasteiger partial charge in [-0.2, -0.15) is 0 Å². The van der Waals surface area contributed by atoms with Gasteiger partial charge in [0.1, 0.15) is 13.2 Å². The highest BCUT2D eigenvalue weighted by molar-refractivity contribution is 5.71. The Kier molecular flexibility index (Phi) is 42.5. The Morgan fingerprint density at radius 1 is 0.393 bits per heavy atom. The Morgan fingerprint density at radius 2 is 0.804 bits per heavy atom. The van der Waals surface area contributed by atoms with Gasteiger partial charge in [0, 0.05) is 19.3 Å². The molecule has 56 heavy (non-hydrogen) atoms. The van der Waals surface area contributed by atoms with Gasteiger partial charge in [0.15, 0.2) is 6.10 Å². The minimum atomic E-state index is -0.808. The predicted molar refractivity (Wildman–Crippen MR) is 238 cm³/mol. The number of hydrogen-bond acceptors (Lipinski definition) is 6. The molecule has 0 saturated carbocycles. The van der Waals surface area contributed by atoms with Crippen LogP contribution in [-0.4, -0.2) is 37.2 Å². The molecule has 1 unspecified atom stereocenters. The summed E-state index contributed by atoms with van der Waals surface area (Å²) in [6.45, 7) is 6.41. The zero-order chi connectivity index (χ0) is 40.8. The zero-order valence-electron chi connectivity index (χ0n) is 36.6. The fourth-order valence-corrected chi connectivity index (χ4v) is 6.32. The van der Waals surface area contributed by atoms with Crippen molar-refractivity contribution in [1.29, 1.82) is 0 Å². The first-order valence-corrected chi connectivity index (χ1v) is 23.3. The van der Waals surface area contributed by atoms with Gasteiger partial charge in [-0.3, -0.25) is 14.4 Å². The summed E-state index contributed by atoms with van der Waals surface area (Å²) in [5, 5.41) is 0. The monoisotopic (exact) mass is 783 g/mol. The fraction of sp³-hybridized carbons (Fsp3) is 0.740. The van der Waals surface area contributed by atoms with Crippen molar-refractivity contribution in [2.24, 2.45) is 0 Å². The summed E-state index contributed by atoms with van der Waals surface area (Å²) in [5.74, 6) is -0.994. The van der Waals surface area contributed by atoms with Gasteiger partial charge in [-0.1, -0.05) is 204 Å². The number of hydrogen-bond donors (Lipinski definition) is 0. The molecule has 0 aliphatic carbocycles. The molecular weight excluding hydrogens is 697 g/mol. The second-order valence-electron chi connectivity index (χ2n) is 15.3. The topological polar surface area (TPSA) is 78.9 Å². The maximum absolute atomic E-state index is 12.7. The third-order valence-electron chi connectivity index (χ3n) is 9.83. The lowest BCUT2D eigenvalue weighted by molar-refractivity contribution is -0.166. The van der Waals surface area contributed by atoms with Crippen molar-refractivity contribution >= 4 is 17.9 Å². The first-order valence-electron chi connectivity index (χ1n) is 23.3. The minimum absolute atomic E-state index is 0.102. The summed E-state index contributed by atoms with van der Waals surface area (Å²) in [6.07, 6.45) is 53.6. The average molecular weight is 783 g/mol. The second-order valence-corrected chi connectivity index (χ2v) is 15.3. The van der Waals surface area contributed by atoms with Gasteiger partial charge in [0.25, 0.3) is 0 Å². The molecule has 0 N–H and O–H groups in total. The Balaban J connectivity index is 4.48. The molecule has 0 aliphatic rings. The van der Waals surface area contributed by atoms with Crippen molar-refractivity contribution in [1.82, 2.24) is 0 Å². The van der Waals surface area contributed by atoms with Crippen LogP contribution in [0.25, 0.3) is 0 Å². The number of esters is 3. The molecule has 322 valence electrons. The number of ether oxygens (including phenoxy) is 3. The molecule has 0 aromatic heterocycles. The molecule has 0 radical (unpaired) electrons. The van der Waals surface area contributed by atoms with Crippen LogP contribution in [-0.2, 0) is 28.6 Å². The van der Waals surface area contributed by atoms with Crippen molar-refractivity contribution in [2.75, 3.05) is 13.2 Å². The summed E-state index contributed by atoms with van der Waals surface area (Å²) >= 11 is 0. The maximum atomic E-state index is 12.7. The summed E-state index contributed by atoms with van der Waals surface area (Å²) < 4.78 is 16.6. The number of carbonyl (C=O) groups is 3. The van der Waals surface area contributed by atoms with Crippen LogP contribution in [0.1, 0.15) is 220 Å². The summed E-state index contributed by atoms with van der Waals surface area (Å²) in [6, 6.07) is 0. The third-order valence-corrected chi connectivity index (χ3v) is 9.83. The second kappa shape index (κ2) is 44.8. The smallest absolute Gasteiger partial charge is 0.306 e. The van der Waals surface area contributed by atoms with E-state index in [1.807, 2.05) is 6.08 Å². The van der Waals surface area contributed by atoms with Gasteiger partial charge in [-0.15, -0.1) is 0 Å². The molecule has 0 fully saturated rings. The highest BCUT2D eigenvalue weighted by Crippen LogP contribution is 2.14. The molecule has 0 heterocycles. The standard InChI is InChI=1S/C50H86O6/c1-4-7-10-13-16-19-22-25-28-31-34-37-40-43-49(52)55-46-47(45-54-48(51)42-39-36-33-30-27-24-21-18-15-12-9-6-3)56-50(53)44-41-38-35-32-29-26-23-20-17-14-11-8-5-2/h7,10,13,16,19,22,26,29,35,38,47H,4-6,8-9,11-12,14-15,17-18,20-21,23-25,27-28,30-34,36-37,39-46H2,1-3H3/b10-7-,16-13-,22-19-,29-26-,38-35-. The van der Waals surface area contributed by atoms with Crippen molar-refractivity contribution in [3.05, 3.63) is 60.8 Å². The van der Waals surface area contributed by atoms with Crippen LogP contribution in [0.15, 0.2) is 60.8 Å². The largest absolute Gasteiger partial charge is 0.462 e. The van der Waals surface area contributed by atoms with Gasteiger partial charge in [0.2, 0.25) is 0 Å². The lowest BCUT2D eigenvalue weighted by atomic mass is 10.0. The Morgan fingerprint density at radius 3 is 1.29 bits per heavy atom. The van der Waals surface area contributed by atoms with Crippen LogP contribution in [0, 0.1) is 0 Å². The van der Waals surface area contributed by atoms with Crippen LogP contribution in [0.4, 0.5) is 0 Å². The van der Waals surface area contributed by atoms with Crippen molar-refractivity contribution < 1.29 is 28.6 Å². The molecule has 0 aliphatic heterocycles. The summed E-state index contributed by atoms with van der Waals surface area (Å²) in [4.78, 5) is 37.7. The third kappa shape index (κ3) is 42.3. The van der Waals surface area contributed by atoms with Gasteiger partial charge in [0.05, 0.1) is 0 Å². The normalized spacial score (nSPS) is 12.6. The van der Waals surface area contributed by atoms with E-state index in [4.69, 9.17) is 14.2 Å². The Hall–Kier alpha value is -2.89. The molecule has 0 aromatic carbocycles. The predicted octanol–water partition coefficient (Wildman–Crippen LogP) is 14.9. The van der Waals surface area contributed by atoms with Crippen molar-refractivity contribution in [3.63, 3.8) is 0 Å². The summed E-state index contributed by atoms with van der Waals surface area (Å²) in [5.41, 5.74) is 0. The number of carbonyl (C=O) groups excluding carboxylic acids is 3. The minimum Gasteiger partial charge on any atom is -0.462 e.